The van der Waals surface area contributed by atoms with Crippen LogP contribution in [-0.2, 0) is 10.0 Å². The van der Waals surface area contributed by atoms with E-state index in [2.05, 4.69) is 11.4 Å². The number of nitrogens with zero attached hydrogens (tertiary/aromatic N) is 2. The fourth-order valence-corrected chi connectivity index (χ4v) is 4.36. The van der Waals surface area contributed by atoms with Gasteiger partial charge in [-0.2, -0.15) is 5.10 Å². The number of nitrogens with two attached hydrogens (primary N) is 1. The number of halogens is 1. The molecule has 0 amide bonds. The van der Waals surface area contributed by atoms with Crippen LogP contribution in [0.3, 0.4) is 0 Å². The lowest BCUT2D eigenvalue weighted by atomic mass is 10.1. The van der Waals surface area contributed by atoms with Gasteiger partial charge in [0.2, 0.25) is 10.0 Å². The monoisotopic (exact) mass is 429 g/mol. The quantitative estimate of drug-likeness (QED) is 0.502. The van der Waals surface area contributed by atoms with Gasteiger partial charge in [0.05, 0.1) is 21.2 Å². The molecule has 0 aliphatic carbocycles. The van der Waals surface area contributed by atoms with Gasteiger partial charge in [-0.1, -0.05) is 23.7 Å². The minimum Gasteiger partial charge on any atom is -0.232 e. The van der Waals surface area contributed by atoms with Gasteiger partial charge in [-0.05, 0) is 66.4 Å². The van der Waals surface area contributed by atoms with Crippen molar-refractivity contribution < 1.29 is 8.42 Å². The van der Waals surface area contributed by atoms with Crippen LogP contribution in [0.1, 0.15) is 5.56 Å². The predicted molar refractivity (Wildman–Crippen MR) is 113 cm³/mol. The summed E-state index contributed by atoms with van der Waals surface area (Å²) in [7, 11) is -3.75. The van der Waals surface area contributed by atoms with E-state index in [9.17, 15) is 8.42 Å². The Bertz CT molecular complexity index is 1240. The van der Waals surface area contributed by atoms with Crippen LogP contribution in [0.5, 0.6) is 0 Å². The summed E-state index contributed by atoms with van der Waals surface area (Å²) in [6, 6.07) is 18.0. The summed E-state index contributed by atoms with van der Waals surface area (Å²) in [5.74, 6) is 0. The van der Waals surface area contributed by atoms with Crippen LogP contribution in [0.15, 0.2) is 70.9 Å². The summed E-state index contributed by atoms with van der Waals surface area (Å²) in [5.41, 5.74) is 4.59. The Kier molecular flexibility index (Phi) is 4.84. The maximum Gasteiger partial charge on any atom is 0.238 e. The van der Waals surface area contributed by atoms with Crippen molar-refractivity contribution in [2.24, 2.45) is 5.14 Å². The minimum absolute atomic E-state index is 0.0607. The lowest BCUT2D eigenvalue weighted by molar-refractivity contribution is 0.598. The molecule has 2 aromatic heterocycles. The average molecular weight is 430 g/mol. The molecule has 0 atom stereocenters. The Balaban J connectivity index is 1.87. The molecule has 2 aromatic carbocycles. The molecule has 0 aliphatic rings. The topological polar surface area (TPSA) is 78.0 Å². The van der Waals surface area contributed by atoms with Crippen LogP contribution in [0.2, 0.25) is 5.02 Å². The molecule has 28 heavy (non-hydrogen) atoms. The molecule has 2 N–H and O–H groups in total. The van der Waals surface area contributed by atoms with Crippen LogP contribution < -0.4 is 5.14 Å². The van der Waals surface area contributed by atoms with E-state index in [-0.39, 0.29) is 4.90 Å². The third-order valence-corrected chi connectivity index (χ3v) is 6.49. The molecule has 0 saturated heterocycles. The highest BCUT2D eigenvalue weighted by molar-refractivity contribution is 7.89. The summed E-state index contributed by atoms with van der Waals surface area (Å²) in [4.78, 5) is 1.12. The first kappa shape index (κ1) is 18.9. The molecule has 142 valence electrons. The van der Waals surface area contributed by atoms with Gasteiger partial charge in [-0.3, -0.25) is 0 Å². The van der Waals surface area contributed by atoms with Crippen LogP contribution in [-0.4, -0.2) is 18.2 Å². The zero-order valence-corrected chi connectivity index (χ0v) is 17.2. The van der Waals surface area contributed by atoms with Crippen molar-refractivity contribution in [3.8, 4) is 27.5 Å². The Morgan fingerprint density at radius 2 is 1.71 bits per heavy atom. The molecular weight excluding hydrogens is 414 g/mol. The number of aromatic nitrogens is 2. The van der Waals surface area contributed by atoms with Crippen molar-refractivity contribution >= 4 is 33.0 Å². The van der Waals surface area contributed by atoms with Gasteiger partial charge in [0.25, 0.3) is 0 Å². The molecule has 0 spiro atoms. The molecular formula is C20H16ClN3O2S2. The molecule has 4 aromatic rings. The van der Waals surface area contributed by atoms with Crippen LogP contribution in [0.4, 0.5) is 0 Å². The van der Waals surface area contributed by atoms with Gasteiger partial charge >= 0.3 is 0 Å². The molecule has 0 radical (unpaired) electrons. The second-order valence-corrected chi connectivity index (χ2v) is 9.27. The third kappa shape index (κ3) is 3.74. The lowest BCUT2D eigenvalue weighted by Crippen LogP contribution is -2.12. The SMILES string of the molecule is Cc1csc(-c2cc(-c3ccc(Cl)cc3)n(-c3ccc(S(N)(=O)=O)cc3)n2)c1. The maximum absolute atomic E-state index is 11.5. The van der Waals surface area contributed by atoms with E-state index in [0.29, 0.717) is 5.02 Å². The second kappa shape index (κ2) is 7.18. The summed E-state index contributed by atoms with van der Waals surface area (Å²) in [6.45, 7) is 2.04. The molecule has 0 bridgehead atoms. The van der Waals surface area contributed by atoms with Crippen molar-refractivity contribution in [2.75, 3.05) is 0 Å². The zero-order chi connectivity index (χ0) is 19.9. The van der Waals surface area contributed by atoms with Gasteiger partial charge in [0.1, 0.15) is 5.69 Å². The largest absolute Gasteiger partial charge is 0.238 e. The van der Waals surface area contributed by atoms with Crippen molar-refractivity contribution in [1.82, 2.24) is 9.78 Å². The number of rotatable bonds is 4. The second-order valence-electron chi connectivity index (χ2n) is 6.36. The Morgan fingerprint density at radius 3 is 2.29 bits per heavy atom. The molecule has 2 heterocycles. The summed E-state index contributed by atoms with van der Waals surface area (Å²) in [5, 5.41) is 12.7. The number of primary sulfonamides is 1. The van der Waals surface area contributed by atoms with Gasteiger partial charge in [-0.15, -0.1) is 11.3 Å². The van der Waals surface area contributed by atoms with E-state index in [4.69, 9.17) is 21.8 Å². The molecule has 5 nitrogen and oxygen atoms in total. The van der Waals surface area contributed by atoms with Crippen LogP contribution >= 0.6 is 22.9 Å². The lowest BCUT2D eigenvalue weighted by Gasteiger charge is -2.08. The van der Waals surface area contributed by atoms with E-state index in [1.54, 1.807) is 28.2 Å². The first-order valence-electron chi connectivity index (χ1n) is 8.36. The highest BCUT2D eigenvalue weighted by Crippen LogP contribution is 2.32. The summed E-state index contributed by atoms with van der Waals surface area (Å²) in [6.07, 6.45) is 0. The number of thiophene rings is 1. The van der Waals surface area contributed by atoms with Gasteiger partial charge in [0.15, 0.2) is 0 Å². The first-order valence-corrected chi connectivity index (χ1v) is 11.2. The predicted octanol–water partition coefficient (Wildman–Crippen LogP) is 4.88. The fraction of sp³-hybridized carbons (Fsp3) is 0.0500. The van der Waals surface area contributed by atoms with Crippen molar-refractivity contribution in [1.29, 1.82) is 0 Å². The fourth-order valence-electron chi connectivity index (χ4n) is 2.87. The number of benzene rings is 2. The number of sulfonamides is 1. The van der Waals surface area contributed by atoms with E-state index in [1.165, 1.54) is 17.7 Å². The molecule has 0 aliphatic heterocycles. The smallest absolute Gasteiger partial charge is 0.232 e. The Morgan fingerprint density at radius 1 is 1.04 bits per heavy atom. The van der Waals surface area contributed by atoms with Crippen molar-refractivity contribution in [3.63, 3.8) is 0 Å². The van der Waals surface area contributed by atoms with Gasteiger partial charge in [0, 0.05) is 10.6 Å². The molecule has 8 heteroatoms. The van der Waals surface area contributed by atoms with Crippen molar-refractivity contribution in [3.05, 3.63) is 76.6 Å². The molecule has 0 unspecified atom stereocenters. The Hall–Kier alpha value is -2.45. The zero-order valence-electron chi connectivity index (χ0n) is 14.8. The van der Waals surface area contributed by atoms with E-state index in [0.717, 1.165) is 27.5 Å². The van der Waals surface area contributed by atoms with Crippen LogP contribution in [0, 0.1) is 6.92 Å². The highest BCUT2D eigenvalue weighted by atomic mass is 35.5. The highest BCUT2D eigenvalue weighted by Gasteiger charge is 2.15. The maximum atomic E-state index is 11.5. The average Bonchev–Trinajstić information content (AvgIpc) is 3.28. The molecule has 0 fully saturated rings. The summed E-state index contributed by atoms with van der Waals surface area (Å²) >= 11 is 7.66. The Labute approximate surface area is 172 Å². The number of hydrogen-bond acceptors (Lipinski definition) is 4. The first-order chi connectivity index (χ1) is 13.3. The molecule has 0 saturated carbocycles. The summed E-state index contributed by atoms with van der Waals surface area (Å²) < 4.78 is 24.9. The van der Waals surface area contributed by atoms with E-state index < -0.39 is 10.0 Å². The van der Waals surface area contributed by atoms with Gasteiger partial charge < -0.3 is 0 Å². The number of aryl methyl sites for hydroxylation is 1. The minimum atomic E-state index is -3.75. The normalized spacial score (nSPS) is 11.7. The third-order valence-electron chi connectivity index (χ3n) is 4.24. The van der Waals surface area contributed by atoms with Gasteiger partial charge in [-0.25, -0.2) is 18.2 Å². The molecule has 4 rings (SSSR count). The standard InChI is InChI=1S/C20H16ClN3O2S2/c1-13-10-20(27-12-13)18-11-19(14-2-4-15(21)5-3-14)24(23-18)16-6-8-17(9-7-16)28(22,25)26/h2-12H,1H3,(H2,22,25,26). The van der Waals surface area contributed by atoms with E-state index in [1.807, 2.05) is 37.3 Å². The van der Waals surface area contributed by atoms with E-state index >= 15 is 0 Å². The van der Waals surface area contributed by atoms with Crippen molar-refractivity contribution in [2.45, 2.75) is 11.8 Å². The number of hydrogen-bond donors (Lipinski definition) is 1. The van der Waals surface area contributed by atoms with Crippen LogP contribution in [0.25, 0.3) is 27.5 Å².